The molecule has 0 aliphatic heterocycles. The second kappa shape index (κ2) is 6.32. The summed E-state index contributed by atoms with van der Waals surface area (Å²) in [6.07, 6.45) is 1.36. The number of aryl methyl sites for hydroxylation is 1. The van der Waals surface area contributed by atoms with Crippen molar-refractivity contribution in [3.63, 3.8) is 0 Å². The zero-order valence-corrected chi connectivity index (χ0v) is 12.5. The standard InChI is InChI=1S/C15H12FN5O3/c1-8-7-9(4-5-10(8)16)18-13(17)12-14(21-24-20-12)19-15(22)11-3-2-6-23-11/h2-7H,1H3,(H2,17,18)(H,19,21,22). The third-order valence-corrected chi connectivity index (χ3v) is 3.13. The summed E-state index contributed by atoms with van der Waals surface area (Å²) in [6.45, 7) is 1.61. The molecule has 0 aliphatic carbocycles. The Labute approximate surface area is 135 Å². The summed E-state index contributed by atoms with van der Waals surface area (Å²) in [5, 5.41) is 20.4. The van der Waals surface area contributed by atoms with Crippen LogP contribution in [0.3, 0.4) is 0 Å². The van der Waals surface area contributed by atoms with Crippen LogP contribution in [0.25, 0.3) is 0 Å². The Bertz CT molecular complexity index is 888. The minimum atomic E-state index is -0.553. The summed E-state index contributed by atoms with van der Waals surface area (Å²) in [6, 6.07) is 7.35. The van der Waals surface area contributed by atoms with Crippen LogP contribution in [0.4, 0.5) is 15.9 Å². The number of rotatable bonds is 4. The molecule has 8 nitrogen and oxygen atoms in total. The van der Waals surface area contributed by atoms with Gasteiger partial charge in [0.25, 0.3) is 5.91 Å². The Morgan fingerprint density at radius 3 is 2.79 bits per heavy atom. The maximum atomic E-state index is 13.3. The van der Waals surface area contributed by atoms with Gasteiger partial charge in [0.05, 0.1) is 6.26 Å². The van der Waals surface area contributed by atoms with Crippen molar-refractivity contribution in [3.8, 4) is 0 Å². The van der Waals surface area contributed by atoms with Crippen molar-refractivity contribution >= 4 is 23.2 Å². The van der Waals surface area contributed by atoms with Gasteiger partial charge in [-0.25, -0.2) is 9.02 Å². The Kier molecular flexibility index (Phi) is 4.06. The monoisotopic (exact) mass is 329 g/mol. The zero-order valence-electron chi connectivity index (χ0n) is 12.5. The average molecular weight is 329 g/mol. The third kappa shape index (κ3) is 3.14. The molecule has 0 radical (unpaired) electrons. The van der Waals surface area contributed by atoms with E-state index >= 15 is 0 Å². The molecule has 0 saturated carbocycles. The van der Waals surface area contributed by atoms with Gasteiger partial charge in [0.1, 0.15) is 5.82 Å². The van der Waals surface area contributed by atoms with E-state index in [2.05, 4.69) is 25.6 Å². The summed E-state index contributed by atoms with van der Waals surface area (Å²) < 4.78 is 22.8. The van der Waals surface area contributed by atoms with Crippen molar-refractivity contribution in [2.45, 2.75) is 6.92 Å². The van der Waals surface area contributed by atoms with Gasteiger partial charge >= 0.3 is 0 Å². The van der Waals surface area contributed by atoms with Crippen LogP contribution in [0.15, 0.2) is 45.6 Å². The summed E-state index contributed by atoms with van der Waals surface area (Å²) in [7, 11) is 0. The number of nitrogens with zero attached hydrogens (tertiary/aromatic N) is 2. The van der Waals surface area contributed by atoms with Crippen LogP contribution in [0.1, 0.15) is 21.8 Å². The van der Waals surface area contributed by atoms with E-state index in [0.29, 0.717) is 11.3 Å². The van der Waals surface area contributed by atoms with Crippen molar-refractivity contribution in [1.82, 2.24) is 10.3 Å². The minimum absolute atomic E-state index is 0.00289. The number of amidine groups is 1. The van der Waals surface area contributed by atoms with Crippen LogP contribution in [-0.2, 0) is 0 Å². The number of anilines is 2. The molecular formula is C15H12FN5O3. The van der Waals surface area contributed by atoms with Crippen LogP contribution >= 0.6 is 0 Å². The van der Waals surface area contributed by atoms with Crippen molar-refractivity contribution in [1.29, 1.82) is 5.41 Å². The van der Waals surface area contributed by atoms with Crippen molar-refractivity contribution in [2.24, 2.45) is 0 Å². The van der Waals surface area contributed by atoms with Gasteiger partial charge in [0, 0.05) is 5.69 Å². The van der Waals surface area contributed by atoms with Crippen LogP contribution in [-0.4, -0.2) is 22.1 Å². The predicted octanol–water partition coefficient (Wildman–Crippen LogP) is 2.80. The number of halogens is 1. The Balaban J connectivity index is 1.75. The maximum absolute atomic E-state index is 13.3. The first kappa shape index (κ1) is 15.4. The zero-order chi connectivity index (χ0) is 17.1. The molecule has 3 rings (SSSR count). The highest BCUT2D eigenvalue weighted by atomic mass is 19.1. The molecule has 0 unspecified atom stereocenters. The highest BCUT2D eigenvalue weighted by molar-refractivity contribution is 6.11. The normalized spacial score (nSPS) is 10.4. The van der Waals surface area contributed by atoms with Gasteiger partial charge in [-0.05, 0) is 53.1 Å². The first-order valence-corrected chi connectivity index (χ1v) is 6.84. The molecule has 3 aromatic rings. The highest BCUT2D eigenvalue weighted by Crippen LogP contribution is 2.17. The molecule has 2 heterocycles. The molecule has 122 valence electrons. The molecule has 0 aliphatic rings. The van der Waals surface area contributed by atoms with E-state index < -0.39 is 5.91 Å². The number of hydrogen-bond acceptors (Lipinski definition) is 6. The minimum Gasteiger partial charge on any atom is -0.459 e. The van der Waals surface area contributed by atoms with Gasteiger partial charge in [-0.15, -0.1) is 0 Å². The topological polar surface area (TPSA) is 117 Å². The fraction of sp³-hybridized carbons (Fsp3) is 0.0667. The van der Waals surface area contributed by atoms with Crippen LogP contribution in [0.5, 0.6) is 0 Å². The molecule has 9 heteroatoms. The smallest absolute Gasteiger partial charge is 0.292 e. The summed E-state index contributed by atoms with van der Waals surface area (Å²) in [4.78, 5) is 11.9. The van der Waals surface area contributed by atoms with Gasteiger partial charge in [-0.1, -0.05) is 0 Å². The Morgan fingerprint density at radius 2 is 2.08 bits per heavy atom. The molecule has 1 amide bonds. The molecule has 2 aromatic heterocycles. The van der Waals surface area contributed by atoms with E-state index in [0.717, 1.165) is 0 Å². The number of aromatic nitrogens is 2. The lowest BCUT2D eigenvalue weighted by molar-refractivity contribution is 0.0995. The molecule has 0 atom stereocenters. The van der Waals surface area contributed by atoms with Gasteiger partial charge in [0.2, 0.25) is 5.82 Å². The second-order valence-corrected chi connectivity index (χ2v) is 4.86. The van der Waals surface area contributed by atoms with Crippen LogP contribution in [0, 0.1) is 18.2 Å². The molecule has 0 bridgehead atoms. The second-order valence-electron chi connectivity index (χ2n) is 4.86. The van der Waals surface area contributed by atoms with E-state index in [-0.39, 0.29) is 28.9 Å². The molecule has 3 N–H and O–H groups in total. The first-order valence-electron chi connectivity index (χ1n) is 6.84. The van der Waals surface area contributed by atoms with Crippen LogP contribution in [0.2, 0.25) is 0 Å². The summed E-state index contributed by atoms with van der Waals surface area (Å²) in [5.41, 5.74) is 0.916. The van der Waals surface area contributed by atoms with E-state index in [9.17, 15) is 9.18 Å². The number of carbonyl (C=O) groups excluding carboxylic acids is 1. The van der Waals surface area contributed by atoms with Crippen molar-refractivity contribution in [3.05, 3.63) is 59.4 Å². The van der Waals surface area contributed by atoms with E-state index in [4.69, 9.17) is 9.83 Å². The lowest BCUT2D eigenvalue weighted by Crippen LogP contribution is -2.18. The quantitative estimate of drug-likeness (QED) is 0.500. The van der Waals surface area contributed by atoms with E-state index in [1.807, 2.05) is 0 Å². The maximum Gasteiger partial charge on any atom is 0.292 e. The highest BCUT2D eigenvalue weighted by Gasteiger charge is 2.19. The fourth-order valence-electron chi connectivity index (χ4n) is 1.94. The SMILES string of the molecule is Cc1cc(NC(=N)c2nonc2NC(=O)c2ccco2)ccc1F. The largest absolute Gasteiger partial charge is 0.459 e. The number of benzene rings is 1. The first-order chi connectivity index (χ1) is 11.5. The number of hydrogen-bond donors (Lipinski definition) is 3. The number of furan rings is 1. The lowest BCUT2D eigenvalue weighted by atomic mass is 10.2. The van der Waals surface area contributed by atoms with Crippen molar-refractivity contribution < 1.29 is 18.2 Å². The molecule has 1 aromatic carbocycles. The lowest BCUT2D eigenvalue weighted by Gasteiger charge is -2.07. The molecule has 0 spiro atoms. The fourth-order valence-corrected chi connectivity index (χ4v) is 1.94. The van der Waals surface area contributed by atoms with Gasteiger partial charge < -0.3 is 9.73 Å². The van der Waals surface area contributed by atoms with E-state index in [1.165, 1.54) is 24.5 Å². The summed E-state index contributed by atoms with van der Waals surface area (Å²) in [5.74, 6) is -1.02. The molecule has 0 fully saturated rings. The number of nitrogens with one attached hydrogen (secondary N) is 3. The Morgan fingerprint density at radius 1 is 1.25 bits per heavy atom. The van der Waals surface area contributed by atoms with E-state index in [1.54, 1.807) is 19.1 Å². The Hall–Kier alpha value is -3.49. The third-order valence-electron chi connectivity index (χ3n) is 3.13. The molecule has 0 saturated heterocycles. The van der Waals surface area contributed by atoms with Gasteiger partial charge in [-0.3, -0.25) is 15.5 Å². The predicted molar refractivity (Wildman–Crippen MR) is 82.5 cm³/mol. The number of carbonyl (C=O) groups is 1. The van der Waals surface area contributed by atoms with Gasteiger partial charge in [0.15, 0.2) is 17.3 Å². The number of amides is 1. The molecule has 24 heavy (non-hydrogen) atoms. The summed E-state index contributed by atoms with van der Waals surface area (Å²) >= 11 is 0. The van der Waals surface area contributed by atoms with Crippen molar-refractivity contribution in [2.75, 3.05) is 10.6 Å². The van der Waals surface area contributed by atoms with Crippen LogP contribution < -0.4 is 10.6 Å². The van der Waals surface area contributed by atoms with Gasteiger partial charge in [-0.2, -0.15) is 0 Å². The molecular weight excluding hydrogens is 317 g/mol. The average Bonchev–Trinajstić information content (AvgIpc) is 3.22.